The lowest BCUT2D eigenvalue weighted by Gasteiger charge is -2.06. The van der Waals surface area contributed by atoms with Crippen molar-refractivity contribution < 1.29 is 9.18 Å². The van der Waals surface area contributed by atoms with Crippen LogP contribution in [0, 0.1) is 5.82 Å². The number of nitrogens with one attached hydrogen (secondary N) is 2. The van der Waals surface area contributed by atoms with Crippen LogP contribution in [0.15, 0.2) is 61.1 Å². The smallest absolute Gasteiger partial charge is 0.224 e. The van der Waals surface area contributed by atoms with Gasteiger partial charge >= 0.3 is 0 Å². The van der Waals surface area contributed by atoms with E-state index in [2.05, 4.69) is 21.5 Å². The van der Waals surface area contributed by atoms with Gasteiger partial charge in [0.05, 0.1) is 18.4 Å². The van der Waals surface area contributed by atoms with Crippen molar-refractivity contribution in [1.82, 2.24) is 14.8 Å². The Hall–Kier alpha value is -3.12. The highest BCUT2D eigenvalue weighted by atomic mass is 35.5. The van der Waals surface area contributed by atoms with Gasteiger partial charge in [-0.2, -0.15) is 5.10 Å². The summed E-state index contributed by atoms with van der Waals surface area (Å²) in [6.07, 6.45) is 7.19. The number of halogens is 2. The quantitative estimate of drug-likeness (QED) is 0.441. The van der Waals surface area contributed by atoms with E-state index in [4.69, 9.17) is 11.6 Å². The Labute approximate surface area is 172 Å². The van der Waals surface area contributed by atoms with Crippen LogP contribution in [0.1, 0.15) is 24.0 Å². The fourth-order valence-corrected chi connectivity index (χ4v) is 3.58. The van der Waals surface area contributed by atoms with Gasteiger partial charge in [0, 0.05) is 40.3 Å². The van der Waals surface area contributed by atoms with Gasteiger partial charge in [-0.3, -0.25) is 9.48 Å². The van der Waals surface area contributed by atoms with Gasteiger partial charge < -0.3 is 10.3 Å². The van der Waals surface area contributed by atoms with Crippen LogP contribution < -0.4 is 5.32 Å². The van der Waals surface area contributed by atoms with Gasteiger partial charge in [0.25, 0.3) is 0 Å². The molecule has 0 fully saturated rings. The summed E-state index contributed by atoms with van der Waals surface area (Å²) in [5.41, 5.74) is 3.26. The monoisotopic (exact) mass is 410 g/mol. The van der Waals surface area contributed by atoms with Crippen LogP contribution in [0.4, 0.5) is 10.1 Å². The van der Waals surface area contributed by atoms with E-state index in [9.17, 15) is 9.18 Å². The molecule has 4 aromatic rings. The highest BCUT2D eigenvalue weighted by molar-refractivity contribution is 6.31. The second-order valence-corrected chi connectivity index (χ2v) is 7.30. The molecule has 1 amide bonds. The average Bonchev–Trinajstić information content (AvgIpc) is 3.32. The maximum atomic E-state index is 13.9. The Kier molecular flexibility index (Phi) is 5.62. The summed E-state index contributed by atoms with van der Waals surface area (Å²) in [6, 6.07) is 12.7. The minimum absolute atomic E-state index is 0.0756. The molecular formula is C22H20ClFN4O. The summed E-state index contributed by atoms with van der Waals surface area (Å²) in [5.74, 6) is -0.454. The fraction of sp³-hybridized carbons (Fsp3) is 0.182. The highest BCUT2D eigenvalue weighted by Gasteiger charge is 2.10. The van der Waals surface area contributed by atoms with Crippen molar-refractivity contribution in [1.29, 1.82) is 0 Å². The van der Waals surface area contributed by atoms with E-state index >= 15 is 0 Å². The predicted octanol–water partition coefficient (Wildman–Crippen LogP) is 5.17. The molecule has 0 unspecified atom stereocenters. The maximum absolute atomic E-state index is 13.9. The number of fused-ring (bicyclic) bond motifs is 1. The minimum Gasteiger partial charge on any atom is -0.361 e. The summed E-state index contributed by atoms with van der Waals surface area (Å²) in [6.45, 7) is 0.196. The molecule has 2 aromatic heterocycles. The highest BCUT2D eigenvalue weighted by Crippen LogP contribution is 2.21. The number of H-pyrrole nitrogens is 1. The van der Waals surface area contributed by atoms with Crippen molar-refractivity contribution in [2.24, 2.45) is 0 Å². The van der Waals surface area contributed by atoms with E-state index in [0.29, 0.717) is 22.7 Å². The first-order valence-electron chi connectivity index (χ1n) is 9.40. The van der Waals surface area contributed by atoms with Crippen LogP contribution in [0.2, 0.25) is 5.02 Å². The third-order valence-corrected chi connectivity index (χ3v) is 5.18. The molecule has 0 saturated carbocycles. The summed E-state index contributed by atoms with van der Waals surface area (Å²) in [7, 11) is 0. The van der Waals surface area contributed by atoms with Gasteiger partial charge in [0.1, 0.15) is 5.82 Å². The first-order chi connectivity index (χ1) is 14.1. The zero-order chi connectivity index (χ0) is 20.2. The van der Waals surface area contributed by atoms with E-state index in [1.807, 2.05) is 24.4 Å². The van der Waals surface area contributed by atoms with Crippen molar-refractivity contribution in [2.45, 2.75) is 25.8 Å². The van der Waals surface area contributed by atoms with Gasteiger partial charge in [-0.1, -0.05) is 35.9 Å². The number of amides is 1. The number of aromatic amines is 1. The molecule has 0 aliphatic carbocycles. The third-order valence-electron chi connectivity index (χ3n) is 4.82. The van der Waals surface area contributed by atoms with Crippen LogP contribution in [-0.2, 0) is 17.8 Å². The summed E-state index contributed by atoms with van der Waals surface area (Å²) in [5, 5.41) is 8.56. The standard InChI is InChI=1S/C22H20ClFN4O/c23-19-7-4-8-20(24)18(19)14-28-13-16(12-26-28)27-22(29)10-3-5-15-11-25-21-9-2-1-6-17(15)21/h1-2,4,6-9,11-13,25H,3,5,10,14H2,(H,27,29). The second-order valence-electron chi connectivity index (χ2n) is 6.89. The number of nitrogens with zero attached hydrogens (tertiary/aromatic N) is 2. The van der Waals surface area contributed by atoms with Crippen molar-refractivity contribution in [3.05, 3.63) is 83.0 Å². The molecule has 29 heavy (non-hydrogen) atoms. The number of hydrogen-bond acceptors (Lipinski definition) is 2. The first kappa shape index (κ1) is 19.2. The predicted molar refractivity (Wildman–Crippen MR) is 113 cm³/mol. The molecule has 0 spiro atoms. The second kappa shape index (κ2) is 8.49. The van der Waals surface area contributed by atoms with E-state index < -0.39 is 0 Å². The van der Waals surface area contributed by atoms with Gasteiger partial charge in [-0.25, -0.2) is 4.39 Å². The summed E-state index contributed by atoms with van der Waals surface area (Å²) < 4.78 is 15.5. The topological polar surface area (TPSA) is 62.7 Å². The number of para-hydroxylation sites is 1. The number of hydrogen-bond donors (Lipinski definition) is 2. The molecule has 0 aliphatic rings. The molecule has 0 aliphatic heterocycles. The third kappa shape index (κ3) is 4.49. The molecule has 5 nitrogen and oxygen atoms in total. The average molecular weight is 411 g/mol. The van der Waals surface area contributed by atoms with Gasteiger partial charge in [-0.05, 0) is 36.6 Å². The first-order valence-corrected chi connectivity index (χ1v) is 9.78. The van der Waals surface area contributed by atoms with E-state index in [0.717, 1.165) is 18.4 Å². The van der Waals surface area contributed by atoms with Crippen molar-refractivity contribution in [2.75, 3.05) is 5.32 Å². The Morgan fingerprint density at radius 3 is 2.93 bits per heavy atom. The molecule has 0 saturated heterocycles. The molecule has 2 aromatic carbocycles. The minimum atomic E-state index is -0.379. The largest absolute Gasteiger partial charge is 0.361 e. The maximum Gasteiger partial charge on any atom is 0.224 e. The number of aromatic nitrogens is 3. The SMILES string of the molecule is O=C(CCCc1c[nH]c2ccccc12)Nc1cnn(Cc2c(F)cccc2Cl)c1. The van der Waals surface area contributed by atoms with Gasteiger partial charge in [0.15, 0.2) is 0 Å². The Morgan fingerprint density at radius 2 is 2.07 bits per heavy atom. The Morgan fingerprint density at radius 1 is 1.21 bits per heavy atom. The van der Waals surface area contributed by atoms with E-state index in [-0.39, 0.29) is 18.3 Å². The van der Waals surface area contributed by atoms with E-state index in [1.54, 1.807) is 29.2 Å². The number of rotatable bonds is 7. The molecule has 2 heterocycles. The number of carbonyl (C=O) groups is 1. The number of benzene rings is 2. The van der Waals surface area contributed by atoms with E-state index in [1.165, 1.54) is 17.0 Å². The molecule has 0 radical (unpaired) electrons. The Balaban J connectivity index is 1.30. The van der Waals surface area contributed by atoms with Gasteiger partial charge in [-0.15, -0.1) is 0 Å². The number of carbonyl (C=O) groups excluding carboxylic acids is 1. The van der Waals surface area contributed by atoms with Crippen LogP contribution in [0.25, 0.3) is 10.9 Å². The van der Waals surface area contributed by atoms with Gasteiger partial charge in [0.2, 0.25) is 5.91 Å². The normalized spacial score (nSPS) is 11.1. The molecule has 148 valence electrons. The van der Waals surface area contributed by atoms with Crippen LogP contribution >= 0.6 is 11.6 Å². The van der Waals surface area contributed by atoms with Crippen molar-refractivity contribution in [3.8, 4) is 0 Å². The van der Waals surface area contributed by atoms with Crippen LogP contribution in [0.3, 0.4) is 0 Å². The lowest BCUT2D eigenvalue weighted by atomic mass is 10.1. The molecular weight excluding hydrogens is 391 g/mol. The fourth-order valence-electron chi connectivity index (χ4n) is 3.36. The van der Waals surface area contributed by atoms with Crippen LogP contribution in [0.5, 0.6) is 0 Å². The molecule has 0 bridgehead atoms. The molecule has 7 heteroatoms. The molecule has 4 rings (SSSR count). The zero-order valence-corrected chi connectivity index (χ0v) is 16.4. The summed E-state index contributed by atoms with van der Waals surface area (Å²) >= 11 is 6.05. The zero-order valence-electron chi connectivity index (χ0n) is 15.7. The van der Waals surface area contributed by atoms with Crippen molar-refractivity contribution >= 4 is 34.1 Å². The lowest BCUT2D eigenvalue weighted by Crippen LogP contribution is -2.11. The lowest BCUT2D eigenvalue weighted by molar-refractivity contribution is -0.116. The van der Waals surface area contributed by atoms with Crippen molar-refractivity contribution in [3.63, 3.8) is 0 Å². The Bertz CT molecular complexity index is 1130. The number of anilines is 1. The molecule has 2 N–H and O–H groups in total. The van der Waals surface area contributed by atoms with Crippen LogP contribution in [-0.4, -0.2) is 20.7 Å². The summed E-state index contributed by atoms with van der Waals surface area (Å²) in [4.78, 5) is 15.5. The number of aryl methyl sites for hydroxylation is 1. The molecule has 0 atom stereocenters.